The van der Waals surface area contributed by atoms with Crippen molar-refractivity contribution in [3.63, 3.8) is 0 Å². The minimum atomic E-state index is -0.749. The van der Waals surface area contributed by atoms with Crippen molar-refractivity contribution in [1.82, 2.24) is 25.0 Å². The van der Waals surface area contributed by atoms with Gasteiger partial charge >= 0.3 is 0 Å². The molecule has 3 rings (SSSR count). The van der Waals surface area contributed by atoms with E-state index in [9.17, 15) is 10.1 Å². The highest BCUT2D eigenvalue weighted by atomic mass is 16.2. The molecule has 2 aromatic rings. The van der Waals surface area contributed by atoms with Crippen LogP contribution in [0.1, 0.15) is 38.3 Å². The van der Waals surface area contributed by atoms with Crippen LogP contribution >= 0.6 is 0 Å². The average molecular weight is 352 g/mol. The van der Waals surface area contributed by atoms with Crippen LogP contribution in [0.25, 0.3) is 5.69 Å². The number of carbonyl (C=O) groups is 1. The molecular formula is C19H24N6O. The molecule has 1 amide bonds. The van der Waals surface area contributed by atoms with Crippen molar-refractivity contribution in [2.75, 3.05) is 13.6 Å². The van der Waals surface area contributed by atoms with Crippen LogP contribution in [0, 0.1) is 17.2 Å². The molecule has 0 aliphatic heterocycles. The summed E-state index contributed by atoms with van der Waals surface area (Å²) in [5, 5.41) is 16.4. The lowest BCUT2D eigenvalue weighted by atomic mass is 9.98. The third-order valence-electron chi connectivity index (χ3n) is 5.14. The third kappa shape index (κ3) is 3.92. The first-order valence-electron chi connectivity index (χ1n) is 8.80. The molecule has 1 aromatic heterocycles. The number of nitriles is 1. The molecule has 1 saturated carbocycles. The fourth-order valence-corrected chi connectivity index (χ4v) is 3.08. The molecule has 1 N–H and O–H groups in total. The van der Waals surface area contributed by atoms with Gasteiger partial charge in [0, 0.05) is 6.04 Å². The maximum absolute atomic E-state index is 12.4. The molecule has 0 saturated heterocycles. The van der Waals surface area contributed by atoms with Crippen LogP contribution in [-0.2, 0) is 4.79 Å². The van der Waals surface area contributed by atoms with E-state index in [0.29, 0.717) is 0 Å². The second-order valence-corrected chi connectivity index (χ2v) is 7.16. The summed E-state index contributed by atoms with van der Waals surface area (Å²) in [6.45, 7) is 4.12. The minimum absolute atomic E-state index is 0.0693. The fraction of sp³-hybridized carbons (Fsp3) is 0.474. The molecule has 7 nitrogen and oxygen atoms in total. The summed E-state index contributed by atoms with van der Waals surface area (Å²) in [4.78, 5) is 18.3. The van der Waals surface area contributed by atoms with Crippen LogP contribution in [0.15, 0.2) is 36.9 Å². The van der Waals surface area contributed by atoms with Crippen LogP contribution < -0.4 is 5.32 Å². The smallest absolute Gasteiger partial charge is 0.235 e. The number of benzene rings is 1. The highest BCUT2D eigenvalue weighted by Gasteiger charge is 2.43. The number of nitrogens with zero attached hydrogens (tertiary/aromatic N) is 5. The van der Waals surface area contributed by atoms with E-state index in [0.717, 1.165) is 24.1 Å². The minimum Gasteiger partial charge on any atom is -0.337 e. The monoisotopic (exact) mass is 352 g/mol. The van der Waals surface area contributed by atoms with Crippen molar-refractivity contribution >= 4 is 5.91 Å². The quantitative estimate of drug-likeness (QED) is 0.824. The highest BCUT2D eigenvalue weighted by Crippen LogP contribution is 2.39. The number of likely N-dealkylation sites (N-methyl/N-ethyl adjacent to an activating group) is 1. The Bertz CT molecular complexity index is 790. The van der Waals surface area contributed by atoms with Gasteiger partial charge in [0.15, 0.2) is 0 Å². The van der Waals surface area contributed by atoms with Gasteiger partial charge in [-0.05, 0) is 57.4 Å². The molecule has 0 bridgehead atoms. The first-order valence-corrected chi connectivity index (χ1v) is 8.80. The van der Waals surface area contributed by atoms with Crippen molar-refractivity contribution in [3.05, 3.63) is 42.5 Å². The maximum Gasteiger partial charge on any atom is 0.235 e. The summed E-state index contributed by atoms with van der Waals surface area (Å²) >= 11 is 0. The predicted molar refractivity (Wildman–Crippen MR) is 97.3 cm³/mol. The Labute approximate surface area is 153 Å². The lowest BCUT2D eigenvalue weighted by Gasteiger charge is -2.28. The van der Waals surface area contributed by atoms with Crippen molar-refractivity contribution in [2.24, 2.45) is 5.92 Å². The Hall–Kier alpha value is -2.72. The van der Waals surface area contributed by atoms with Crippen LogP contribution in [-0.4, -0.2) is 44.7 Å². The number of hydrogen-bond donors (Lipinski definition) is 1. The van der Waals surface area contributed by atoms with Gasteiger partial charge in [0.1, 0.15) is 18.2 Å². The molecule has 26 heavy (non-hydrogen) atoms. The summed E-state index contributed by atoms with van der Waals surface area (Å²) in [5.41, 5.74) is 1.29. The first kappa shape index (κ1) is 18.1. The third-order valence-corrected chi connectivity index (χ3v) is 5.14. The van der Waals surface area contributed by atoms with Crippen molar-refractivity contribution in [1.29, 1.82) is 5.26 Å². The Morgan fingerprint density at radius 2 is 2.15 bits per heavy atom. The fourth-order valence-electron chi connectivity index (χ4n) is 3.08. The SMILES string of the molecule is C[C@@H](c1ccc(-n2cncn2)cc1)N(C)CC(=O)N[C@@](C)(C#N)C1CC1. The average Bonchev–Trinajstić information content (AvgIpc) is 3.37. The van der Waals surface area contributed by atoms with Gasteiger partial charge in [-0.2, -0.15) is 10.4 Å². The van der Waals surface area contributed by atoms with E-state index >= 15 is 0 Å². The van der Waals surface area contributed by atoms with Crippen molar-refractivity contribution in [2.45, 2.75) is 38.3 Å². The van der Waals surface area contributed by atoms with Gasteiger partial charge in [-0.15, -0.1) is 0 Å². The van der Waals surface area contributed by atoms with Gasteiger partial charge in [-0.3, -0.25) is 9.69 Å². The number of carbonyl (C=O) groups excluding carboxylic acids is 1. The number of aromatic nitrogens is 3. The van der Waals surface area contributed by atoms with Crippen LogP contribution in [0.2, 0.25) is 0 Å². The van der Waals surface area contributed by atoms with Crippen LogP contribution in [0.5, 0.6) is 0 Å². The largest absolute Gasteiger partial charge is 0.337 e. The number of rotatable bonds is 7. The molecule has 7 heteroatoms. The summed E-state index contributed by atoms with van der Waals surface area (Å²) < 4.78 is 1.70. The molecule has 0 spiro atoms. The van der Waals surface area contributed by atoms with Gasteiger partial charge in [0.05, 0.1) is 18.3 Å². The van der Waals surface area contributed by atoms with E-state index in [-0.39, 0.29) is 24.4 Å². The Balaban J connectivity index is 1.59. The van der Waals surface area contributed by atoms with E-state index in [4.69, 9.17) is 0 Å². The van der Waals surface area contributed by atoms with Crippen molar-refractivity contribution < 1.29 is 4.79 Å². The summed E-state index contributed by atoms with van der Waals surface area (Å²) in [7, 11) is 1.91. The molecule has 1 aromatic carbocycles. The van der Waals surface area contributed by atoms with Gasteiger partial charge < -0.3 is 5.32 Å². The molecule has 0 unspecified atom stereocenters. The number of nitrogens with one attached hydrogen (secondary N) is 1. The first-order chi connectivity index (χ1) is 12.4. The van der Waals surface area contributed by atoms with Gasteiger partial charge in [0.2, 0.25) is 5.91 Å². The summed E-state index contributed by atoms with van der Waals surface area (Å²) in [6.07, 6.45) is 5.17. The zero-order valence-corrected chi connectivity index (χ0v) is 15.4. The zero-order chi connectivity index (χ0) is 18.7. The predicted octanol–water partition coefficient (Wildman–Crippen LogP) is 2.07. The molecular weight excluding hydrogens is 328 g/mol. The molecule has 1 aliphatic carbocycles. The number of hydrogen-bond acceptors (Lipinski definition) is 5. The van der Waals surface area contributed by atoms with Gasteiger partial charge in [0.25, 0.3) is 0 Å². The summed E-state index contributed by atoms with van der Waals surface area (Å²) in [6, 6.07) is 10.3. The van der Waals surface area contributed by atoms with Crippen molar-refractivity contribution in [3.8, 4) is 11.8 Å². The summed E-state index contributed by atoms with van der Waals surface area (Å²) in [5.74, 6) is 0.165. The van der Waals surface area contributed by atoms with Gasteiger partial charge in [-0.25, -0.2) is 9.67 Å². The van der Waals surface area contributed by atoms with E-state index in [1.54, 1.807) is 11.0 Å². The molecule has 1 fully saturated rings. The Kier molecular flexibility index (Phi) is 5.05. The number of amides is 1. The van der Waals surface area contributed by atoms with Crippen LogP contribution in [0.3, 0.4) is 0 Å². The van der Waals surface area contributed by atoms with Gasteiger partial charge in [-0.1, -0.05) is 12.1 Å². The van der Waals surface area contributed by atoms with E-state index in [2.05, 4.69) is 28.4 Å². The topological polar surface area (TPSA) is 86.8 Å². The molecule has 1 aliphatic rings. The maximum atomic E-state index is 12.4. The zero-order valence-electron chi connectivity index (χ0n) is 15.4. The molecule has 1 heterocycles. The van der Waals surface area contributed by atoms with E-state index < -0.39 is 5.54 Å². The molecule has 136 valence electrons. The Morgan fingerprint density at radius 3 is 2.69 bits per heavy atom. The lowest BCUT2D eigenvalue weighted by Crippen LogP contribution is -2.50. The molecule has 2 atom stereocenters. The highest BCUT2D eigenvalue weighted by molar-refractivity contribution is 5.79. The standard InChI is InChI=1S/C19H24N6O/c1-14(15-4-8-17(9-5-15)25-13-21-12-22-25)24(3)10-18(26)23-19(2,11-20)16-6-7-16/h4-5,8-9,12-14,16H,6-7,10H2,1-3H3,(H,23,26)/t14-,19-/m0/s1. The second-order valence-electron chi connectivity index (χ2n) is 7.16. The van der Waals surface area contributed by atoms with E-state index in [1.165, 1.54) is 6.33 Å². The normalized spacial score (nSPS) is 17.3. The second kappa shape index (κ2) is 7.26. The Morgan fingerprint density at radius 1 is 1.46 bits per heavy atom. The molecule has 0 radical (unpaired) electrons. The lowest BCUT2D eigenvalue weighted by molar-refractivity contribution is -0.123. The van der Waals surface area contributed by atoms with E-state index in [1.807, 2.05) is 43.1 Å². The van der Waals surface area contributed by atoms with Crippen LogP contribution in [0.4, 0.5) is 0 Å².